The third-order valence-corrected chi connectivity index (χ3v) is 10.2. The van der Waals surface area contributed by atoms with Crippen molar-refractivity contribution in [2.24, 2.45) is 5.92 Å². The van der Waals surface area contributed by atoms with E-state index in [-0.39, 0.29) is 29.2 Å². The second-order valence-electron chi connectivity index (χ2n) is 11.8. The molecule has 8 nitrogen and oxygen atoms in total. The molecular formula is C29H30N2O6. The van der Waals surface area contributed by atoms with Crippen LogP contribution >= 0.6 is 0 Å². The number of ether oxygens (including phenoxy) is 2. The Morgan fingerprint density at radius 1 is 1.11 bits per heavy atom. The zero-order chi connectivity index (χ0) is 25.3. The van der Waals surface area contributed by atoms with Gasteiger partial charge in [0.15, 0.2) is 11.5 Å². The Morgan fingerprint density at radius 3 is 2.73 bits per heavy atom. The van der Waals surface area contributed by atoms with Gasteiger partial charge in [-0.05, 0) is 74.8 Å². The summed E-state index contributed by atoms with van der Waals surface area (Å²) in [5, 5.41) is 23.5. The van der Waals surface area contributed by atoms with Crippen LogP contribution in [0.1, 0.15) is 63.9 Å². The number of amides is 2. The molecule has 2 N–H and O–H groups in total. The van der Waals surface area contributed by atoms with Crippen LogP contribution in [0.3, 0.4) is 0 Å². The van der Waals surface area contributed by atoms with E-state index < -0.39 is 23.2 Å². The first-order chi connectivity index (χ1) is 17.9. The van der Waals surface area contributed by atoms with Crippen LogP contribution < -0.4 is 9.47 Å². The van der Waals surface area contributed by atoms with Gasteiger partial charge in [0.1, 0.15) is 11.9 Å². The topological polar surface area (TPSA) is 99.5 Å². The van der Waals surface area contributed by atoms with Crippen molar-refractivity contribution in [2.45, 2.75) is 67.7 Å². The quantitative estimate of drug-likeness (QED) is 0.620. The van der Waals surface area contributed by atoms with Crippen molar-refractivity contribution in [3.8, 4) is 17.2 Å². The molecular weight excluding hydrogens is 472 g/mol. The molecule has 2 aromatic rings. The van der Waals surface area contributed by atoms with Gasteiger partial charge in [0.05, 0.1) is 35.3 Å². The third-order valence-electron chi connectivity index (χ3n) is 10.2. The van der Waals surface area contributed by atoms with Crippen LogP contribution in [0, 0.1) is 5.92 Å². The first-order valence-electron chi connectivity index (χ1n) is 13.4. The van der Waals surface area contributed by atoms with Crippen molar-refractivity contribution in [2.75, 3.05) is 20.2 Å². The van der Waals surface area contributed by atoms with Crippen LogP contribution in [0.5, 0.6) is 17.2 Å². The molecule has 0 aromatic heterocycles. The highest BCUT2D eigenvalue weighted by Crippen LogP contribution is 2.66. The zero-order valence-corrected chi connectivity index (χ0v) is 20.8. The van der Waals surface area contributed by atoms with Gasteiger partial charge in [0.25, 0.3) is 11.8 Å². The van der Waals surface area contributed by atoms with E-state index in [1.54, 1.807) is 24.3 Å². The van der Waals surface area contributed by atoms with Crippen molar-refractivity contribution < 1.29 is 29.3 Å². The lowest BCUT2D eigenvalue weighted by atomic mass is 9.48. The number of methoxy groups -OCH3 is 1. The second kappa shape index (κ2) is 7.05. The molecule has 8 heteroatoms. The van der Waals surface area contributed by atoms with Gasteiger partial charge in [-0.15, -0.1) is 0 Å². The number of fused-ring (bicyclic) bond motifs is 1. The Kier molecular flexibility index (Phi) is 4.18. The second-order valence-corrected chi connectivity index (χ2v) is 11.8. The maximum absolute atomic E-state index is 13.8. The molecule has 3 fully saturated rings. The average Bonchev–Trinajstić information content (AvgIpc) is 3.58. The summed E-state index contributed by atoms with van der Waals surface area (Å²) >= 11 is 0. The number of aromatic hydroxyl groups is 1. The minimum Gasteiger partial charge on any atom is -0.504 e. The van der Waals surface area contributed by atoms with Gasteiger partial charge in [-0.2, -0.15) is 0 Å². The largest absolute Gasteiger partial charge is 0.504 e. The molecule has 3 aliphatic heterocycles. The van der Waals surface area contributed by atoms with Gasteiger partial charge in [-0.1, -0.05) is 12.1 Å². The lowest BCUT2D eigenvalue weighted by Crippen LogP contribution is -2.78. The summed E-state index contributed by atoms with van der Waals surface area (Å²) in [4.78, 5) is 31.2. The van der Waals surface area contributed by atoms with E-state index in [1.807, 2.05) is 6.07 Å². The van der Waals surface area contributed by atoms with Crippen molar-refractivity contribution in [3.63, 3.8) is 0 Å². The third kappa shape index (κ3) is 2.51. The zero-order valence-electron chi connectivity index (χ0n) is 20.8. The number of likely N-dealkylation sites (tertiary alicyclic amines) is 1. The molecule has 2 aromatic carbocycles. The molecule has 1 saturated heterocycles. The van der Waals surface area contributed by atoms with E-state index in [1.165, 1.54) is 24.9 Å². The molecule has 1 spiro atoms. The SMILES string of the molecule is COc1cccc2c1C(=O)N([C@@H]1CC[C@@]3(O)[C@H]4Cc5ccc(O)c6c5[C@@]3(CCN4CC3CC3)[C@H]1O6)C2=O. The number of imide groups is 1. The van der Waals surface area contributed by atoms with E-state index in [4.69, 9.17) is 9.47 Å². The molecule has 3 heterocycles. The molecule has 0 radical (unpaired) electrons. The first-order valence-corrected chi connectivity index (χ1v) is 13.4. The fraction of sp³-hybridized carbons (Fsp3) is 0.517. The van der Waals surface area contributed by atoms with Crippen LogP contribution in [0.2, 0.25) is 0 Å². The highest BCUT2D eigenvalue weighted by molar-refractivity contribution is 6.23. The standard InChI is InChI=1S/C29H30N2O6/c1-36-20-4-2-3-17-22(20)27(34)31(26(17)33)18-9-10-29(35)21-13-16-7-8-19(32)24-23(16)28(29,25(18)37-24)11-12-30(21)14-15-5-6-15/h2-4,7-8,15,18,21,25,32,35H,5-6,9-14H2,1H3/t18-,21-,25+,28+,29-/m1/s1. The summed E-state index contributed by atoms with van der Waals surface area (Å²) in [7, 11) is 1.49. The normalized spacial score (nSPS) is 35.3. The van der Waals surface area contributed by atoms with Crippen molar-refractivity contribution in [1.82, 2.24) is 9.80 Å². The first kappa shape index (κ1) is 21.9. The minimum atomic E-state index is -1.07. The highest BCUT2D eigenvalue weighted by Gasteiger charge is 2.74. The van der Waals surface area contributed by atoms with Crippen LogP contribution in [0.25, 0.3) is 0 Å². The smallest absolute Gasteiger partial charge is 0.265 e. The fourth-order valence-electron chi connectivity index (χ4n) is 8.46. The number of rotatable bonds is 4. The number of hydrogen-bond acceptors (Lipinski definition) is 7. The van der Waals surface area contributed by atoms with Crippen LogP contribution in [-0.2, 0) is 11.8 Å². The monoisotopic (exact) mass is 502 g/mol. The number of aliphatic hydroxyl groups is 1. The average molecular weight is 503 g/mol. The number of benzene rings is 2. The van der Waals surface area contributed by atoms with Gasteiger partial charge in [-0.3, -0.25) is 19.4 Å². The summed E-state index contributed by atoms with van der Waals surface area (Å²) in [5.41, 5.74) is 0.748. The predicted molar refractivity (Wildman–Crippen MR) is 132 cm³/mol. The molecule has 2 amide bonds. The molecule has 5 atom stereocenters. The Bertz CT molecular complexity index is 1390. The number of carbonyl (C=O) groups is 2. The fourth-order valence-corrected chi connectivity index (χ4v) is 8.46. The number of nitrogens with zero attached hydrogens (tertiary/aromatic N) is 2. The number of piperidine rings is 1. The van der Waals surface area contributed by atoms with E-state index in [2.05, 4.69) is 4.90 Å². The van der Waals surface area contributed by atoms with Gasteiger partial charge in [-0.25, -0.2) is 0 Å². The number of carbonyl (C=O) groups excluding carboxylic acids is 2. The number of hydrogen-bond donors (Lipinski definition) is 2. The van der Waals surface area contributed by atoms with Gasteiger partial charge in [0.2, 0.25) is 0 Å². The molecule has 0 unspecified atom stereocenters. The lowest BCUT2D eigenvalue weighted by Gasteiger charge is -2.64. The van der Waals surface area contributed by atoms with Crippen molar-refractivity contribution in [3.05, 3.63) is 52.6 Å². The molecule has 6 aliphatic rings. The molecule has 8 rings (SSSR count). The van der Waals surface area contributed by atoms with Crippen LogP contribution in [-0.4, -0.2) is 75.8 Å². The van der Waals surface area contributed by atoms with E-state index in [0.29, 0.717) is 48.7 Å². The van der Waals surface area contributed by atoms with E-state index in [9.17, 15) is 19.8 Å². The summed E-state index contributed by atoms with van der Waals surface area (Å²) in [6.45, 7) is 1.82. The summed E-state index contributed by atoms with van der Waals surface area (Å²) in [6, 6.07) is 8.10. The van der Waals surface area contributed by atoms with Crippen LogP contribution in [0.15, 0.2) is 30.3 Å². The Hall–Kier alpha value is -3.10. The minimum absolute atomic E-state index is 0.0477. The maximum atomic E-state index is 13.8. The molecule has 2 saturated carbocycles. The lowest BCUT2D eigenvalue weighted by molar-refractivity contribution is -0.196. The van der Waals surface area contributed by atoms with Gasteiger partial charge >= 0.3 is 0 Å². The van der Waals surface area contributed by atoms with Gasteiger partial charge < -0.3 is 19.7 Å². The number of phenolic OH excluding ortho intramolecular Hbond substituents is 1. The molecule has 3 aliphatic carbocycles. The summed E-state index contributed by atoms with van der Waals surface area (Å²) in [6.07, 6.45) is 4.13. The summed E-state index contributed by atoms with van der Waals surface area (Å²) in [5.74, 6) is 0.808. The van der Waals surface area contributed by atoms with Gasteiger partial charge in [0, 0.05) is 18.2 Å². The van der Waals surface area contributed by atoms with Crippen molar-refractivity contribution in [1.29, 1.82) is 0 Å². The molecule has 37 heavy (non-hydrogen) atoms. The predicted octanol–water partition coefficient (Wildman–Crippen LogP) is 2.63. The van der Waals surface area contributed by atoms with Crippen molar-refractivity contribution >= 4 is 11.8 Å². The Balaban J connectivity index is 1.27. The van der Waals surface area contributed by atoms with Crippen LogP contribution in [0.4, 0.5) is 0 Å². The van der Waals surface area contributed by atoms with E-state index >= 15 is 0 Å². The highest BCUT2D eigenvalue weighted by atomic mass is 16.5. The number of phenols is 1. The van der Waals surface area contributed by atoms with E-state index in [0.717, 1.165) is 24.2 Å². The Morgan fingerprint density at radius 2 is 1.95 bits per heavy atom. The summed E-state index contributed by atoms with van der Waals surface area (Å²) < 4.78 is 12.0. The maximum Gasteiger partial charge on any atom is 0.265 e. The molecule has 192 valence electrons. The Labute approximate surface area is 214 Å². The molecule has 2 bridgehead atoms.